The van der Waals surface area contributed by atoms with Crippen molar-refractivity contribution in [3.8, 4) is 5.88 Å². The highest BCUT2D eigenvalue weighted by Gasteiger charge is 2.31. The molecule has 0 amide bonds. The van der Waals surface area contributed by atoms with Crippen molar-refractivity contribution in [2.75, 3.05) is 5.32 Å². The van der Waals surface area contributed by atoms with Crippen LogP contribution in [0.1, 0.15) is 49.8 Å². The van der Waals surface area contributed by atoms with Crippen LogP contribution in [0.15, 0.2) is 36.7 Å². The number of hydrogen-bond acceptors (Lipinski definition) is 5. The fraction of sp³-hybridized carbons (Fsp3) is 0.500. The first-order chi connectivity index (χ1) is 12.2. The number of fused-ring (bicyclic) bond motifs is 1. The number of aromatic nitrogens is 2. The second-order valence-corrected chi connectivity index (χ2v) is 7.29. The van der Waals surface area contributed by atoms with Crippen LogP contribution < -0.4 is 10.1 Å². The predicted octanol–water partition coefficient (Wildman–Crippen LogP) is 3.50. The summed E-state index contributed by atoms with van der Waals surface area (Å²) in [6, 6.07) is 10.8. The molecule has 132 valence electrons. The maximum Gasteiger partial charge on any atom is 0.218 e. The lowest BCUT2D eigenvalue weighted by atomic mass is 9.88. The molecule has 0 radical (unpaired) electrons. The van der Waals surface area contributed by atoms with Gasteiger partial charge in [0.25, 0.3) is 0 Å². The van der Waals surface area contributed by atoms with Crippen LogP contribution in [0.4, 0.5) is 5.82 Å². The summed E-state index contributed by atoms with van der Waals surface area (Å²) in [6.45, 7) is 2.06. The van der Waals surface area contributed by atoms with Gasteiger partial charge in [-0.2, -0.15) is 0 Å². The lowest BCUT2D eigenvalue weighted by Crippen LogP contribution is -2.18. The van der Waals surface area contributed by atoms with E-state index in [0.717, 1.165) is 25.1 Å². The number of rotatable bonds is 4. The molecule has 2 aliphatic carbocycles. The van der Waals surface area contributed by atoms with E-state index in [0.29, 0.717) is 12.3 Å². The Hall–Kier alpha value is -2.14. The van der Waals surface area contributed by atoms with E-state index in [1.54, 1.807) is 6.33 Å². The highest BCUT2D eigenvalue weighted by molar-refractivity contribution is 5.43. The van der Waals surface area contributed by atoms with Gasteiger partial charge in [-0.05, 0) is 42.7 Å². The first-order valence-electron chi connectivity index (χ1n) is 9.20. The Morgan fingerprint density at radius 1 is 1.20 bits per heavy atom. The topological polar surface area (TPSA) is 67.3 Å². The molecule has 2 aliphatic rings. The van der Waals surface area contributed by atoms with E-state index in [2.05, 4.69) is 46.5 Å². The minimum Gasteiger partial charge on any atom is -0.474 e. The summed E-state index contributed by atoms with van der Waals surface area (Å²) in [5.41, 5.74) is 2.79. The van der Waals surface area contributed by atoms with E-state index in [-0.39, 0.29) is 24.2 Å². The minimum atomic E-state index is -0.275. The molecule has 1 heterocycles. The molecule has 0 bridgehead atoms. The third-order valence-corrected chi connectivity index (χ3v) is 5.42. The van der Waals surface area contributed by atoms with Crippen molar-refractivity contribution in [3.05, 3.63) is 47.8 Å². The van der Waals surface area contributed by atoms with E-state index in [1.165, 1.54) is 17.5 Å². The summed E-state index contributed by atoms with van der Waals surface area (Å²) < 4.78 is 5.96. The van der Waals surface area contributed by atoms with Crippen molar-refractivity contribution in [1.29, 1.82) is 0 Å². The highest BCUT2D eigenvalue weighted by Crippen LogP contribution is 2.33. The molecule has 1 aromatic heterocycles. The van der Waals surface area contributed by atoms with Gasteiger partial charge in [0.1, 0.15) is 18.2 Å². The first-order valence-corrected chi connectivity index (χ1v) is 9.20. The van der Waals surface area contributed by atoms with Gasteiger partial charge in [-0.25, -0.2) is 9.97 Å². The molecule has 5 nitrogen and oxygen atoms in total. The van der Waals surface area contributed by atoms with Gasteiger partial charge in [0, 0.05) is 12.5 Å². The molecule has 4 atom stereocenters. The van der Waals surface area contributed by atoms with Crippen molar-refractivity contribution in [2.24, 2.45) is 5.92 Å². The summed E-state index contributed by atoms with van der Waals surface area (Å²) >= 11 is 0. The number of nitrogens with zero attached hydrogens (tertiary/aromatic N) is 2. The smallest absolute Gasteiger partial charge is 0.218 e. The molecule has 0 aliphatic heterocycles. The highest BCUT2D eigenvalue weighted by atomic mass is 16.5. The van der Waals surface area contributed by atoms with Gasteiger partial charge in [0.05, 0.1) is 12.1 Å². The van der Waals surface area contributed by atoms with Gasteiger partial charge in [-0.3, -0.25) is 0 Å². The van der Waals surface area contributed by atoms with Gasteiger partial charge in [0.2, 0.25) is 5.88 Å². The van der Waals surface area contributed by atoms with Gasteiger partial charge < -0.3 is 15.2 Å². The monoisotopic (exact) mass is 339 g/mol. The van der Waals surface area contributed by atoms with Gasteiger partial charge in [-0.1, -0.05) is 31.2 Å². The number of nitrogens with one attached hydrogen (secondary N) is 1. The average Bonchev–Trinajstić information content (AvgIpc) is 2.93. The van der Waals surface area contributed by atoms with Crippen LogP contribution in [0, 0.1) is 5.92 Å². The third-order valence-electron chi connectivity index (χ3n) is 5.42. The van der Waals surface area contributed by atoms with Crippen molar-refractivity contribution in [3.63, 3.8) is 0 Å². The third kappa shape index (κ3) is 3.61. The number of hydrogen-bond donors (Lipinski definition) is 2. The van der Waals surface area contributed by atoms with Crippen LogP contribution in [0.25, 0.3) is 0 Å². The SMILES string of the molecule is C[C@H]1C[C@@H](Oc2cc(N[C@H]3CCCc4ccccc43)ncn2)C[C@@H]1O. The van der Waals surface area contributed by atoms with E-state index >= 15 is 0 Å². The maximum absolute atomic E-state index is 9.88. The summed E-state index contributed by atoms with van der Waals surface area (Å²) in [7, 11) is 0. The molecular weight excluding hydrogens is 314 g/mol. The summed E-state index contributed by atoms with van der Waals surface area (Å²) in [6.07, 6.45) is 6.26. The van der Waals surface area contributed by atoms with Crippen molar-refractivity contribution < 1.29 is 9.84 Å². The largest absolute Gasteiger partial charge is 0.474 e. The maximum atomic E-state index is 9.88. The quantitative estimate of drug-likeness (QED) is 0.892. The number of benzene rings is 1. The van der Waals surface area contributed by atoms with Crippen LogP contribution >= 0.6 is 0 Å². The molecule has 25 heavy (non-hydrogen) atoms. The Balaban J connectivity index is 1.46. The van der Waals surface area contributed by atoms with Crippen molar-refractivity contribution >= 4 is 5.82 Å². The zero-order valence-electron chi connectivity index (χ0n) is 14.6. The number of aryl methyl sites for hydroxylation is 1. The van der Waals surface area contributed by atoms with Crippen LogP contribution in [0.3, 0.4) is 0 Å². The van der Waals surface area contributed by atoms with E-state index in [4.69, 9.17) is 4.74 Å². The zero-order chi connectivity index (χ0) is 17.2. The first kappa shape index (κ1) is 16.3. The Labute approximate surface area is 148 Å². The number of aliphatic hydroxyl groups excluding tert-OH is 1. The second-order valence-electron chi connectivity index (χ2n) is 7.29. The Kier molecular flexibility index (Phi) is 4.57. The average molecular weight is 339 g/mol. The number of aliphatic hydroxyl groups is 1. The summed E-state index contributed by atoms with van der Waals surface area (Å²) in [4.78, 5) is 8.59. The molecular formula is C20H25N3O2. The van der Waals surface area contributed by atoms with Gasteiger partial charge in [0.15, 0.2) is 0 Å². The Morgan fingerprint density at radius 2 is 2.08 bits per heavy atom. The van der Waals surface area contributed by atoms with E-state index in [9.17, 15) is 5.11 Å². The Bertz CT molecular complexity index is 726. The molecule has 1 saturated carbocycles. The standard InChI is InChI=1S/C20H25N3O2/c1-13-9-15(10-18(13)24)25-20-11-19(21-12-22-20)23-17-8-4-6-14-5-2-3-7-16(14)17/h2-3,5,7,11-13,15,17-18,24H,4,6,8-10H2,1H3,(H,21,22,23)/t13-,15+,17-,18-/m0/s1. The molecule has 0 unspecified atom stereocenters. The molecule has 0 spiro atoms. The van der Waals surface area contributed by atoms with Crippen molar-refractivity contribution in [2.45, 2.75) is 57.3 Å². The van der Waals surface area contributed by atoms with Crippen LogP contribution in [-0.2, 0) is 6.42 Å². The minimum absolute atomic E-state index is 0.0307. The van der Waals surface area contributed by atoms with Gasteiger partial charge >= 0.3 is 0 Å². The molecule has 4 rings (SSSR count). The number of ether oxygens (including phenoxy) is 1. The normalized spacial score (nSPS) is 28.4. The van der Waals surface area contributed by atoms with Gasteiger partial charge in [-0.15, -0.1) is 0 Å². The van der Waals surface area contributed by atoms with Crippen LogP contribution in [-0.4, -0.2) is 27.3 Å². The number of anilines is 1. The fourth-order valence-electron chi connectivity index (χ4n) is 4.00. The Morgan fingerprint density at radius 3 is 2.92 bits per heavy atom. The molecule has 1 fully saturated rings. The van der Waals surface area contributed by atoms with E-state index < -0.39 is 0 Å². The fourth-order valence-corrected chi connectivity index (χ4v) is 4.00. The lowest BCUT2D eigenvalue weighted by molar-refractivity contribution is 0.128. The van der Waals surface area contributed by atoms with Crippen LogP contribution in [0.2, 0.25) is 0 Å². The molecule has 5 heteroatoms. The molecule has 2 aromatic rings. The van der Waals surface area contributed by atoms with Crippen molar-refractivity contribution in [1.82, 2.24) is 9.97 Å². The summed E-state index contributed by atoms with van der Waals surface area (Å²) in [5.74, 6) is 1.65. The predicted molar refractivity (Wildman–Crippen MR) is 96.6 cm³/mol. The summed E-state index contributed by atoms with van der Waals surface area (Å²) in [5, 5.41) is 13.4. The van der Waals surface area contributed by atoms with E-state index in [1.807, 2.05) is 6.07 Å². The zero-order valence-corrected chi connectivity index (χ0v) is 14.6. The molecule has 2 N–H and O–H groups in total. The lowest BCUT2D eigenvalue weighted by Gasteiger charge is -2.26. The van der Waals surface area contributed by atoms with Crippen LogP contribution in [0.5, 0.6) is 5.88 Å². The molecule has 1 aromatic carbocycles. The molecule has 0 saturated heterocycles. The second kappa shape index (κ2) is 7.00.